The number of benzene rings is 1. The molecule has 0 atom stereocenters. The lowest BCUT2D eigenvalue weighted by molar-refractivity contribution is -0.119. The number of carbonyl (C=O) groups excluding carboxylic acids is 1. The normalized spacial score (nSPS) is 16.5. The summed E-state index contributed by atoms with van der Waals surface area (Å²) in [6, 6.07) is 5.89. The van der Waals surface area contributed by atoms with Gasteiger partial charge in [0.2, 0.25) is 5.91 Å². The number of ether oxygens (including phenoxy) is 1. The van der Waals surface area contributed by atoms with Gasteiger partial charge in [-0.05, 0) is 31.5 Å². The Balaban J connectivity index is 2.34. The Labute approximate surface area is 113 Å². The third kappa shape index (κ3) is 2.98. The first-order valence-corrected chi connectivity index (χ1v) is 6.43. The van der Waals surface area contributed by atoms with Gasteiger partial charge < -0.3 is 20.7 Å². The lowest BCUT2D eigenvalue weighted by Gasteiger charge is -2.40. The molecule has 0 saturated heterocycles. The molecule has 1 aliphatic rings. The topological polar surface area (TPSA) is 67.6 Å². The lowest BCUT2D eigenvalue weighted by atomic mass is 10.0. The first kappa shape index (κ1) is 13.7. The summed E-state index contributed by atoms with van der Waals surface area (Å²) in [7, 11) is 1.65. The van der Waals surface area contributed by atoms with Gasteiger partial charge in [0, 0.05) is 13.6 Å². The highest BCUT2D eigenvalue weighted by atomic mass is 16.5. The number of nitrogens with two attached hydrogens (primary N) is 1. The predicted molar refractivity (Wildman–Crippen MR) is 75.3 cm³/mol. The largest absolute Gasteiger partial charge is 0.484 e. The van der Waals surface area contributed by atoms with E-state index in [1.807, 2.05) is 36.9 Å². The van der Waals surface area contributed by atoms with E-state index in [2.05, 4.69) is 5.32 Å². The first-order chi connectivity index (χ1) is 8.95. The van der Waals surface area contributed by atoms with E-state index in [4.69, 9.17) is 10.5 Å². The number of nitrogens with one attached hydrogen (secondary N) is 1. The Morgan fingerprint density at radius 3 is 2.89 bits per heavy atom. The average molecular weight is 263 g/mol. The Morgan fingerprint density at radius 2 is 2.26 bits per heavy atom. The number of carbonyl (C=O) groups is 1. The van der Waals surface area contributed by atoms with Crippen molar-refractivity contribution in [1.82, 2.24) is 5.32 Å². The summed E-state index contributed by atoms with van der Waals surface area (Å²) in [6.45, 7) is 5.52. The molecule has 1 heterocycles. The molecule has 0 bridgehead atoms. The molecule has 0 unspecified atom stereocenters. The van der Waals surface area contributed by atoms with Crippen molar-refractivity contribution in [2.75, 3.05) is 25.0 Å². The van der Waals surface area contributed by atoms with E-state index in [9.17, 15) is 4.79 Å². The Kier molecular flexibility index (Phi) is 3.66. The van der Waals surface area contributed by atoms with Gasteiger partial charge in [0.15, 0.2) is 0 Å². The molecular weight excluding hydrogens is 242 g/mol. The van der Waals surface area contributed by atoms with Crippen LogP contribution in [-0.2, 0) is 11.3 Å². The second kappa shape index (κ2) is 5.09. The number of amides is 1. The molecule has 19 heavy (non-hydrogen) atoms. The molecule has 3 N–H and O–H groups in total. The van der Waals surface area contributed by atoms with Crippen LogP contribution in [0.15, 0.2) is 18.2 Å². The number of rotatable bonds is 3. The molecule has 1 aliphatic heterocycles. The van der Waals surface area contributed by atoms with Crippen LogP contribution in [0.2, 0.25) is 0 Å². The van der Waals surface area contributed by atoms with Crippen molar-refractivity contribution in [2.45, 2.75) is 26.0 Å². The molecule has 0 saturated carbocycles. The molecule has 2 rings (SSSR count). The SMILES string of the molecule is CNC(=O)CN1CC(C)(C)Oc2cc(CN)ccc21. The van der Waals surface area contributed by atoms with Crippen LogP contribution in [0.1, 0.15) is 19.4 Å². The van der Waals surface area contributed by atoms with Crippen molar-refractivity contribution in [3.05, 3.63) is 23.8 Å². The Morgan fingerprint density at radius 1 is 1.53 bits per heavy atom. The number of hydrogen-bond donors (Lipinski definition) is 2. The van der Waals surface area contributed by atoms with E-state index in [0.29, 0.717) is 19.6 Å². The second-order valence-electron chi connectivity index (χ2n) is 5.40. The molecular formula is C14H21N3O2. The standard InChI is InChI=1S/C14H21N3O2/c1-14(2)9-17(8-13(18)16-3)11-5-4-10(7-15)6-12(11)19-14/h4-6H,7-9,15H2,1-3H3,(H,16,18). The van der Waals surface area contributed by atoms with Crippen molar-refractivity contribution in [1.29, 1.82) is 0 Å². The number of anilines is 1. The minimum Gasteiger partial charge on any atom is -0.484 e. The summed E-state index contributed by atoms with van der Waals surface area (Å²) >= 11 is 0. The van der Waals surface area contributed by atoms with Gasteiger partial charge in [-0.1, -0.05) is 6.07 Å². The fourth-order valence-corrected chi connectivity index (χ4v) is 2.30. The van der Waals surface area contributed by atoms with Gasteiger partial charge in [0.1, 0.15) is 11.4 Å². The third-order valence-electron chi connectivity index (χ3n) is 3.17. The molecule has 1 amide bonds. The fourth-order valence-electron chi connectivity index (χ4n) is 2.30. The highest BCUT2D eigenvalue weighted by Crippen LogP contribution is 2.37. The second-order valence-corrected chi connectivity index (χ2v) is 5.40. The van der Waals surface area contributed by atoms with Gasteiger partial charge in [-0.2, -0.15) is 0 Å². The van der Waals surface area contributed by atoms with E-state index in [0.717, 1.165) is 17.0 Å². The summed E-state index contributed by atoms with van der Waals surface area (Å²) in [6.07, 6.45) is 0. The fraction of sp³-hybridized carbons (Fsp3) is 0.500. The molecule has 5 heteroatoms. The molecule has 0 radical (unpaired) electrons. The smallest absolute Gasteiger partial charge is 0.239 e. The van der Waals surface area contributed by atoms with Gasteiger partial charge in [0.25, 0.3) is 0 Å². The number of nitrogens with zero attached hydrogens (tertiary/aromatic N) is 1. The minimum atomic E-state index is -0.325. The van der Waals surface area contributed by atoms with Crippen LogP contribution < -0.4 is 20.7 Å². The maximum atomic E-state index is 11.6. The molecule has 104 valence electrons. The molecule has 0 fully saturated rings. The number of fused-ring (bicyclic) bond motifs is 1. The summed E-state index contributed by atoms with van der Waals surface area (Å²) < 4.78 is 5.98. The number of likely N-dealkylation sites (N-methyl/N-ethyl adjacent to an activating group) is 1. The van der Waals surface area contributed by atoms with Crippen molar-refractivity contribution < 1.29 is 9.53 Å². The zero-order valence-electron chi connectivity index (χ0n) is 11.7. The maximum Gasteiger partial charge on any atom is 0.239 e. The van der Waals surface area contributed by atoms with Crippen LogP contribution in [0.3, 0.4) is 0 Å². The maximum absolute atomic E-state index is 11.6. The third-order valence-corrected chi connectivity index (χ3v) is 3.17. The van der Waals surface area contributed by atoms with Gasteiger partial charge in [-0.3, -0.25) is 4.79 Å². The van der Waals surface area contributed by atoms with E-state index in [1.165, 1.54) is 0 Å². The molecule has 0 aliphatic carbocycles. The van der Waals surface area contributed by atoms with E-state index >= 15 is 0 Å². The van der Waals surface area contributed by atoms with Crippen molar-refractivity contribution in [3.8, 4) is 5.75 Å². The van der Waals surface area contributed by atoms with Crippen molar-refractivity contribution in [3.63, 3.8) is 0 Å². The van der Waals surface area contributed by atoms with Crippen LogP contribution in [0, 0.1) is 0 Å². The van der Waals surface area contributed by atoms with Gasteiger partial charge in [0.05, 0.1) is 18.8 Å². The monoisotopic (exact) mass is 263 g/mol. The van der Waals surface area contributed by atoms with Gasteiger partial charge in [-0.25, -0.2) is 0 Å². The number of hydrogen-bond acceptors (Lipinski definition) is 4. The van der Waals surface area contributed by atoms with Crippen LogP contribution in [0.5, 0.6) is 5.75 Å². The van der Waals surface area contributed by atoms with E-state index in [-0.39, 0.29) is 11.5 Å². The van der Waals surface area contributed by atoms with E-state index in [1.54, 1.807) is 7.05 Å². The van der Waals surface area contributed by atoms with Crippen LogP contribution in [0.25, 0.3) is 0 Å². The van der Waals surface area contributed by atoms with Crippen LogP contribution >= 0.6 is 0 Å². The summed E-state index contributed by atoms with van der Waals surface area (Å²) in [5.74, 6) is 0.787. The zero-order valence-corrected chi connectivity index (χ0v) is 11.7. The Hall–Kier alpha value is -1.75. The Bertz CT molecular complexity index is 486. The van der Waals surface area contributed by atoms with Crippen molar-refractivity contribution >= 4 is 11.6 Å². The van der Waals surface area contributed by atoms with Crippen LogP contribution in [-0.4, -0.2) is 31.6 Å². The summed E-state index contributed by atoms with van der Waals surface area (Å²) in [5, 5.41) is 2.65. The molecule has 1 aromatic carbocycles. The highest BCUT2D eigenvalue weighted by molar-refractivity contribution is 5.82. The average Bonchev–Trinajstić information content (AvgIpc) is 2.36. The molecule has 5 nitrogen and oxygen atoms in total. The molecule has 0 aromatic heterocycles. The predicted octanol–water partition coefficient (Wildman–Crippen LogP) is 0.869. The molecule has 1 aromatic rings. The van der Waals surface area contributed by atoms with Gasteiger partial charge >= 0.3 is 0 Å². The highest BCUT2D eigenvalue weighted by Gasteiger charge is 2.32. The summed E-state index contributed by atoms with van der Waals surface area (Å²) in [5.41, 5.74) is 7.30. The first-order valence-electron chi connectivity index (χ1n) is 6.43. The van der Waals surface area contributed by atoms with Crippen molar-refractivity contribution in [2.24, 2.45) is 5.73 Å². The summed E-state index contributed by atoms with van der Waals surface area (Å²) in [4.78, 5) is 13.7. The van der Waals surface area contributed by atoms with Crippen LogP contribution in [0.4, 0.5) is 5.69 Å². The molecule has 0 spiro atoms. The lowest BCUT2D eigenvalue weighted by Crippen LogP contribution is -2.49. The quantitative estimate of drug-likeness (QED) is 0.849. The minimum absolute atomic E-state index is 0.00782. The van der Waals surface area contributed by atoms with Gasteiger partial charge in [-0.15, -0.1) is 0 Å². The zero-order chi connectivity index (χ0) is 14.0. The van der Waals surface area contributed by atoms with E-state index < -0.39 is 0 Å².